The monoisotopic (exact) mass is 678 g/mol. The fourth-order valence-electron chi connectivity index (χ4n) is 7.91. The molecule has 0 aliphatic rings. The van der Waals surface area contributed by atoms with Gasteiger partial charge in [-0.1, -0.05) is 97.1 Å². The molecule has 0 radical (unpaired) electrons. The summed E-state index contributed by atoms with van der Waals surface area (Å²) in [5.41, 5.74) is 11.4. The molecule has 0 aliphatic heterocycles. The molecule has 0 aliphatic carbocycles. The van der Waals surface area contributed by atoms with Crippen LogP contribution in [0.4, 0.5) is 17.1 Å². The molecule has 0 N–H and O–H groups in total. The Bertz CT molecular complexity index is 3000. The Morgan fingerprint density at radius 3 is 1.26 bits per heavy atom. The first-order valence-corrected chi connectivity index (χ1v) is 17.8. The van der Waals surface area contributed by atoms with Crippen LogP contribution in [0.5, 0.6) is 0 Å². The van der Waals surface area contributed by atoms with E-state index < -0.39 is 0 Å². The second kappa shape index (κ2) is 11.7. The van der Waals surface area contributed by atoms with Crippen LogP contribution in [0, 0.1) is 0 Å². The summed E-state index contributed by atoms with van der Waals surface area (Å²) in [4.78, 5) is 6.49. The molecule has 0 atom stereocenters. The molecule has 4 heteroatoms. The van der Waals surface area contributed by atoms with Crippen molar-refractivity contribution in [3.63, 3.8) is 0 Å². The van der Waals surface area contributed by atoms with Gasteiger partial charge in [-0.05, 0) is 106 Å². The van der Waals surface area contributed by atoms with Gasteiger partial charge in [0, 0.05) is 61.8 Å². The second-order valence-corrected chi connectivity index (χ2v) is 13.6. The minimum absolute atomic E-state index is 0.894. The molecule has 0 bridgehead atoms. The zero-order valence-corrected chi connectivity index (χ0v) is 28.5. The summed E-state index contributed by atoms with van der Waals surface area (Å²) in [6.07, 6.45) is 3.66. The van der Waals surface area contributed by atoms with Gasteiger partial charge < -0.3 is 13.7 Å². The molecule has 0 unspecified atom stereocenters. The molecule has 8 aromatic carbocycles. The van der Waals surface area contributed by atoms with Gasteiger partial charge in [-0.2, -0.15) is 0 Å². The van der Waals surface area contributed by atoms with Crippen LogP contribution in [0.15, 0.2) is 191 Å². The van der Waals surface area contributed by atoms with Gasteiger partial charge >= 0.3 is 0 Å². The van der Waals surface area contributed by atoms with Crippen LogP contribution in [-0.4, -0.2) is 4.98 Å². The second-order valence-electron chi connectivity index (χ2n) is 13.6. The number of hydrogen-bond acceptors (Lipinski definition) is 4. The van der Waals surface area contributed by atoms with E-state index in [0.29, 0.717) is 0 Å². The molecule has 0 amide bonds. The Morgan fingerprint density at radius 1 is 0.340 bits per heavy atom. The topological polar surface area (TPSA) is 42.4 Å². The van der Waals surface area contributed by atoms with Crippen molar-refractivity contribution in [3.8, 4) is 22.3 Å². The van der Waals surface area contributed by atoms with E-state index in [1.54, 1.807) is 0 Å². The number of furan rings is 2. The summed E-state index contributed by atoms with van der Waals surface area (Å²) in [7, 11) is 0. The lowest BCUT2D eigenvalue weighted by Crippen LogP contribution is -2.10. The predicted octanol–water partition coefficient (Wildman–Crippen LogP) is 14.0. The maximum Gasteiger partial charge on any atom is 0.143 e. The molecule has 53 heavy (non-hydrogen) atoms. The SMILES string of the molecule is c1ccc2c(c1)oc1c3cc(N(c4ccc(-c5ccc(-c6ccncc6)cc5)cc4)c4ccc5ccc6c7ccccc7oc6c5c4)ccc3ccc21. The van der Waals surface area contributed by atoms with E-state index in [1.807, 2.05) is 48.8 Å². The summed E-state index contributed by atoms with van der Waals surface area (Å²) in [5, 5.41) is 8.91. The van der Waals surface area contributed by atoms with Crippen molar-refractivity contribution >= 4 is 82.5 Å². The summed E-state index contributed by atoms with van der Waals surface area (Å²) in [6, 6.07) is 60.2. The highest BCUT2D eigenvalue weighted by atomic mass is 16.3. The molecule has 11 rings (SSSR count). The molecule has 0 fully saturated rings. The van der Waals surface area contributed by atoms with Gasteiger partial charge in [0.1, 0.15) is 22.3 Å². The van der Waals surface area contributed by atoms with Crippen LogP contribution in [0.25, 0.3) is 87.7 Å². The third-order valence-corrected chi connectivity index (χ3v) is 10.6. The van der Waals surface area contributed by atoms with Crippen LogP contribution < -0.4 is 4.90 Å². The maximum absolute atomic E-state index is 6.51. The number of pyridine rings is 1. The van der Waals surface area contributed by atoms with Gasteiger partial charge in [0.15, 0.2) is 0 Å². The number of anilines is 3. The molecule has 0 spiro atoms. The summed E-state index contributed by atoms with van der Waals surface area (Å²) in [6.45, 7) is 0. The van der Waals surface area contributed by atoms with Crippen LogP contribution in [0.1, 0.15) is 0 Å². The van der Waals surface area contributed by atoms with Crippen molar-refractivity contribution in [1.29, 1.82) is 0 Å². The number of benzene rings is 8. The molecule has 4 nitrogen and oxygen atoms in total. The van der Waals surface area contributed by atoms with Crippen LogP contribution in [0.3, 0.4) is 0 Å². The van der Waals surface area contributed by atoms with E-state index in [4.69, 9.17) is 8.83 Å². The van der Waals surface area contributed by atoms with Crippen LogP contribution in [-0.2, 0) is 0 Å². The number of rotatable bonds is 5. The van der Waals surface area contributed by atoms with Gasteiger partial charge in [0.25, 0.3) is 0 Å². The normalized spacial score (nSPS) is 11.8. The van der Waals surface area contributed by atoms with Crippen molar-refractivity contribution in [2.45, 2.75) is 0 Å². The fraction of sp³-hybridized carbons (Fsp3) is 0. The van der Waals surface area contributed by atoms with Crippen molar-refractivity contribution in [2.24, 2.45) is 0 Å². The number of nitrogens with zero attached hydrogens (tertiary/aromatic N) is 2. The van der Waals surface area contributed by atoms with E-state index in [1.165, 1.54) is 5.56 Å². The molecule has 11 aromatic rings. The first-order chi connectivity index (χ1) is 26.2. The molecule has 3 heterocycles. The quantitative estimate of drug-likeness (QED) is 0.182. The Morgan fingerprint density at radius 2 is 0.755 bits per heavy atom. The Hall–Kier alpha value is -7.17. The van der Waals surface area contributed by atoms with Crippen molar-refractivity contribution in [3.05, 3.63) is 182 Å². The Labute approximate surface area is 304 Å². The fourth-order valence-corrected chi connectivity index (χ4v) is 7.91. The number of para-hydroxylation sites is 2. The molecule has 3 aromatic heterocycles. The van der Waals surface area contributed by atoms with Gasteiger partial charge in [0.2, 0.25) is 0 Å². The van der Waals surface area contributed by atoms with Crippen LogP contribution in [0.2, 0.25) is 0 Å². The predicted molar refractivity (Wildman–Crippen MR) is 219 cm³/mol. The van der Waals surface area contributed by atoms with Gasteiger partial charge in [0.05, 0.1) is 0 Å². The highest BCUT2D eigenvalue weighted by Gasteiger charge is 2.18. The lowest BCUT2D eigenvalue weighted by molar-refractivity contribution is 0.672. The summed E-state index contributed by atoms with van der Waals surface area (Å²) >= 11 is 0. The van der Waals surface area contributed by atoms with E-state index in [0.717, 1.165) is 99.2 Å². The standard InChI is InChI=1S/C49H30N2O2/c1-3-7-46-40(5-1)42-23-17-35-15-21-38(29-44(35)48(42)52-46)51(37-19-13-33(14-20-37)31-9-11-32(12-10-31)34-25-27-50-28-26-34)39-22-16-36-18-24-43-41-6-2-4-8-47(41)53-49(43)45(36)30-39/h1-30H. The Kier molecular flexibility index (Phi) is 6.52. The first kappa shape index (κ1) is 29.5. The van der Waals surface area contributed by atoms with Crippen molar-refractivity contribution < 1.29 is 8.83 Å². The third-order valence-electron chi connectivity index (χ3n) is 10.6. The first-order valence-electron chi connectivity index (χ1n) is 17.8. The zero-order valence-electron chi connectivity index (χ0n) is 28.5. The van der Waals surface area contributed by atoms with Gasteiger partial charge in [-0.15, -0.1) is 0 Å². The van der Waals surface area contributed by atoms with Crippen molar-refractivity contribution in [2.75, 3.05) is 4.90 Å². The molecular weight excluding hydrogens is 649 g/mol. The average molecular weight is 679 g/mol. The van der Waals surface area contributed by atoms with Gasteiger partial charge in [-0.25, -0.2) is 0 Å². The summed E-state index contributed by atoms with van der Waals surface area (Å²) in [5.74, 6) is 0. The smallest absolute Gasteiger partial charge is 0.143 e. The number of hydrogen-bond donors (Lipinski definition) is 0. The van der Waals surface area contributed by atoms with E-state index >= 15 is 0 Å². The number of aromatic nitrogens is 1. The minimum Gasteiger partial charge on any atom is -0.455 e. The highest BCUT2D eigenvalue weighted by Crippen LogP contribution is 2.42. The largest absolute Gasteiger partial charge is 0.455 e. The van der Waals surface area contributed by atoms with Crippen molar-refractivity contribution in [1.82, 2.24) is 4.98 Å². The Balaban J connectivity index is 1.08. The van der Waals surface area contributed by atoms with Gasteiger partial charge in [-0.3, -0.25) is 4.98 Å². The molecule has 0 saturated carbocycles. The van der Waals surface area contributed by atoms with E-state index in [9.17, 15) is 0 Å². The average Bonchev–Trinajstić information content (AvgIpc) is 3.81. The maximum atomic E-state index is 6.51. The molecule has 248 valence electrons. The lowest BCUT2D eigenvalue weighted by Gasteiger charge is -2.26. The highest BCUT2D eigenvalue weighted by molar-refractivity contribution is 6.17. The molecule has 0 saturated heterocycles. The lowest BCUT2D eigenvalue weighted by atomic mass is 10.00. The summed E-state index contributed by atoms with van der Waals surface area (Å²) < 4.78 is 13.0. The third kappa shape index (κ3) is 4.80. The molecular formula is C49H30N2O2. The van der Waals surface area contributed by atoms with E-state index in [-0.39, 0.29) is 0 Å². The number of fused-ring (bicyclic) bond motifs is 10. The van der Waals surface area contributed by atoms with E-state index in [2.05, 4.69) is 143 Å². The van der Waals surface area contributed by atoms with Crippen LogP contribution >= 0.6 is 0 Å². The minimum atomic E-state index is 0.894. The zero-order chi connectivity index (χ0) is 34.9.